The van der Waals surface area contributed by atoms with Crippen LogP contribution in [0.15, 0.2) is 36.8 Å². The van der Waals surface area contributed by atoms with Crippen molar-refractivity contribution in [2.75, 3.05) is 12.4 Å². The number of Topliss-reactive ketones (excluding diaryl/α,β-unsaturated/α-hetero) is 1. The highest BCUT2D eigenvalue weighted by molar-refractivity contribution is 5.96. The Kier molecular flexibility index (Phi) is 4.59. The van der Waals surface area contributed by atoms with Gasteiger partial charge in [-0.15, -0.1) is 0 Å². The van der Waals surface area contributed by atoms with E-state index in [-0.39, 0.29) is 12.3 Å². The molecule has 1 aliphatic rings. The zero-order valence-corrected chi connectivity index (χ0v) is 14.8. The maximum atomic E-state index is 12.8. The van der Waals surface area contributed by atoms with E-state index in [4.69, 9.17) is 5.73 Å². The Hall–Kier alpha value is -3.20. The number of alkyl halides is 1. The number of carbonyl (C=O) groups excluding carboxylic acids is 1. The normalized spacial score (nSPS) is 13.4. The fraction of sp³-hybridized carbons (Fsp3) is 0.286. The number of aryl methyl sites for hydroxylation is 1. The molecule has 0 bridgehead atoms. The topological polar surface area (TPSA) is 73.8 Å². The molecule has 0 saturated heterocycles. The number of rotatable bonds is 5. The average molecular weight is 362 g/mol. The second-order valence-corrected chi connectivity index (χ2v) is 6.78. The van der Waals surface area contributed by atoms with Crippen molar-refractivity contribution in [3.05, 3.63) is 53.5 Å². The number of halogens is 1. The van der Waals surface area contributed by atoms with Crippen molar-refractivity contribution in [3.8, 4) is 11.8 Å². The van der Waals surface area contributed by atoms with Gasteiger partial charge in [0.1, 0.15) is 24.5 Å². The molecule has 1 fully saturated rings. The van der Waals surface area contributed by atoms with Crippen molar-refractivity contribution in [3.63, 3.8) is 0 Å². The summed E-state index contributed by atoms with van der Waals surface area (Å²) in [5.74, 6) is 7.19. The molecule has 1 aromatic carbocycles. The van der Waals surface area contributed by atoms with Gasteiger partial charge in [0.15, 0.2) is 5.78 Å². The highest BCUT2D eigenvalue weighted by Crippen LogP contribution is 2.33. The summed E-state index contributed by atoms with van der Waals surface area (Å²) in [5, 5.41) is 0.624. The van der Waals surface area contributed by atoms with Crippen molar-refractivity contribution in [1.29, 1.82) is 0 Å². The molecule has 2 aromatic heterocycles. The van der Waals surface area contributed by atoms with Crippen molar-refractivity contribution in [2.45, 2.75) is 25.8 Å². The molecule has 4 rings (SSSR count). The first-order valence-electron chi connectivity index (χ1n) is 8.96. The van der Waals surface area contributed by atoms with E-state index < -0.39 is 6.67 Å². The van der Waals surface area contributed by atoms with Crippen LogP contribution in [0.5, 0.6) is 0 Å². The van der Waals surface area contributed by atoms with E-state index in [0.29, 0.717) is 40.3 Å². The summed E-state index contributed by atoms with van der Waals surface area (Å²) in [6.45, 7) is -0.328. The summed E-state index contributed by atoms with van der Waals surface area (Å²) in [5.41, 5.74) is 8.63. The molecule has 2 heterocycles. The van der Waals surface area contributed by atoms with Gasteiger partial charge in [-0.05, 0) is 30.9 Å². The average Bonchev–Trinajstić information content (AvgIpc) is 3.41. The largest absolute Gasteiger partial charge is 0.383 e. The Balaban J connectivity index is 1.67. The molecule has 27 heavy (non-hydrogen) atoms. The molecular formula is C21H19FN4O. The van der Waals surface area contributed by atoms with Gasteiger partial charge in [0, 0.05) is 23.7 Å². The lowest BCUT2D eigenvalue weighted by Gasteiger charge is -2.00. The smallest absolute Gasteiger partial charge is 0.163 e. The van der Waals surface area contributed by atoms with Gasteiger partial charge in [0.25, 0.3) is 0 Å². The second kappa shape index (κ2) is 7.20. The lowest BCUT2D eigenvalue weighted by molar-refractivity contribution is 0.0976. The highest BCUT2D eigenvalue weighted by atomic mass is 19.1. The van der Waals surface area contributed by atoms with E-state index in [1.165, 1.54) is 6.33 Å². The molecule has 6 heteroatoms. The Labute approximate surface area is 156 Å². The molecule has 0 spiro atoms. The third kappa shape index (κ3) is 3.68. The van der Waals surface area contributed by atoms with Crippen LogP contribution in [0.25, 0.3) is 11.0 Å². The first-order chi connectivity index (χ1) is 13.2. The van der Waals surface area contributed by atoms with E-state index in [0.717, 1.165) is 18.4 Å². The van der Waals surface area contributed by atoms with E-state index >= 15 is 0 Å². The lowest BCUT2D eigenvalue weighted by atomic mass is 10.0. The molecule has 3 aromatic rings. The monoisotopic (exact) mass is 362 g/mol. The van der Waals surface area contributed by atoms with Gasteiger partial charge in [-0.2, -0.15) is 0 Å². The molecule has 5 nitrogen and oxygen atoms in total. The molecule has 0 atom stereocenters. The number of nitrogen functional groups attached to an aromatic ring is 1. The van der Waals surface area contributed by atoms with Gasteiger partial charge in [0.05, 0.1) is 17.5 Å². The third-order valence-electron chi connectivity index (χ3n) is 4.71. The van der Waals surface area contributed by atoms with Crippen LogP contribution < -0.4 is 5.73 Å². The Morgan fingerprint density at radius 3 is 2.93 bits per heavy atom. The van der Waals surface area contributed by atoms with Crippen LogP contribution in [0.1, 0.15) is 40.7 Å². The maximum Gasteiger partial charge on any atom is 0.163 e. The summed E-state index contributed by atoms with van der Waals surface area (Å²) >= 11 is 0. The number of nitrogens with zero attached hydrogens (tertiary/aromatic N) is 3. The predicted molar refractivity (Wildman–Crippen MR) is 102 cm³/mol. The van der Waals surface area contributed by atoms with Crippen LogP contribution in [-0.2, 0) is 6.54 Å². The van der Waals surface area contributed by atoms with Crippen LogP contribution >= 0.6 is 0 Å². The first kappa shape index (κ1) is 17.2. The minimum atomic E-state index is -0.508. The van der Waals surface area contributed by atoms with Crippen LogP contribution in [0.3, 0.4) is 0 Å². The lowest BCUT2D eigenvalue weighted by Crippen LogP contribution is -2.00. The third-order valence-corrected chi connectivity index (χ3v) is 4.71. The number of nitrogens with two attached hydrogens (primary N) is 1. The molecule has 1 saturated carbocycles. The van der Waals surface area contributed by atoms with E-state index in [1.54, 1.807) is 10.8 Å². The maximum absolute atomic E-state index is 12.8. The summed E-state index contributed by atoms with van der Waals surface area (Å²) in [6, 6.07) is 7.35. The first-order valence-corrected chi connectivity index (χ1v) is 8.96. The molecule has 0 amide bonds. The number of benzene rings is 1. The van der Waals surface area contributed by atoms with Crippen LogP contribution in [0.4, 0.5) is 10.2 Å². The fourth-order valence-electron chi connectivity index (χ4n) is 3.12. The molecular weight excluding hydrogens is 343 g/mol. The van der Waals surface area contributed by atoms with Gasteiger partial charge < -0.3 is 10.3 Å². The van der Waals surface area contributed by atoms with Crippen LogP contribution in [0, 0.1) is 17.8 Å². The van der Waals surface area contributed by atoms with E-state index in [1.807, 2.05) is 24.3 Å². The van der Waals surface area contributed by atoms with Gasteiger partial charge in [-0.1, -0.05) is 24.0 Å². The van der Waals surface area contributed by atoms with E-state index in [2.05, 4.69) is 21.8 Å². The standard InChI is InChI=1S/C21H19FN4O/c22-8-9-26-12-17(19-20(23)24-13-25-21(19)26)7-6-14-2-1-3-16(10-14)18(27)11-15-4-5-15/h1-3,10,12-13,15H,4-5,8-9,11H2,(H2,23,24,25). The Morgan fingerprint density at radius 2 is 2.15 bits per heavy atom. The SMILES string of the molecule is Nc1ncnc2c1c(C#Cc1cccc(C(=O)CC3CC3)c1)cn2CCF. The number of hydrogen-bond donors (Lipinski definition) is 1. The highest BCUT2D eigenvalue weighted by Gasteiger charge is 2.24. The van der Waals surface area contributed by atoms with Gasteiger partial charge in [-0.25, -0.2) is 14.4 Å². The van der Waals surface area contributed by atoms with Gasteiger partial charge >= 0.3 is 0 Å². The fourth-order valence-corrected chi connectivity index (χ4v) is 3.12. The van der Waals surface area contributed by atoms with Crippen LogP contribution in [-0.4, -0.2) is 27.0 Å². The Morgan fingerprint density at radius 1 is 1.30 bits per heavy atom. The predicted octanol–water partition coefficient (Wildman–Crippen LogP) is 3.37. The minimum absolute atomic E-state index is 0.165. The number of carbonyl (C=O) groups is 1. The molecule has 0 radical (unpaired) electrons. The van der Waals surface area contributed by atoms with Crippen molar-refractivity contribution < 1.29 is 9.18 Å². The summed E-state index contributed by atoms with van der Waals surface area (Å²) in [4.78, 5) is 20.5. The van der Waals surface area contributed by atoms with Crippen LogP contribution in [0.2, 0.25) is 0 Å². The molecule has 136 valence electrons. The molecule has 2 N–H and O–H groups in total. The Bertz CT molecular complexity index is 1070. The number of anilines is 1. The van der Waals surface area contributed by atoms with Gasteiger partial charge in [-0.3, -0.25) is 4.79 Å². The number of fused-ring (bicyclic) bond motifs is 1. The number of aromatic nitrogens is 3. The van der Waals surface area contributed by atoms with Crippen molar-refractivity contribution in [2.24, 2.45) is 5.92 Å². The molecule has 1 aliphatic carbocycles. The zero-order chi connectivity index (χ0) is 18.8. The van der Waals surface area contributed by atoms with Crippen molar-refractivity contribution >= 4 is 22.6 Å². The van der Waals surface area contributed by atoms with E-state index in [9.17, 15) is 9.18 Å². The number of hydrogen-bond acceptors (Lipinski definition) is 4. The summed E-state index contributed by atoms with van der Waals surface area (Å²) in [7, 11) is 0. The molecule has 0 aliphatic heterocycles. The minimum Gasteiger partial charge on any atom is -0.383 e. The number of ketones is 1. The van der Waals surface area contributed by atoms with Crippen molar-refractivity contribution in [1.82, 2.24) is 14.5 Å². The van der Waals surface area contributed by atoms with Gasteiger partial charge in [0.2, 0.25) is 0 Å². The quantitative estimate of drug-likeness (QED) is 0.558. The molecule has 0 unspecified atom stereocenters. The zero-order valence-electron chi connectivity index (χ0n) is 14.8. The summed E-state index contributed by atoms with van der Waals surface area (Å²) in [6.07, 6.45) is 6.01. The second-order valence-electron chi connectivity index (χ2n) is 6.78. The summed E-state index contributed by atoms with van der Waals surface area (Å²) < 4.78 is 14.5.